The molecule has 3 amide bonds. The van der Waals surface area contributed by atoms with Crippen molar-refractivity contribution in [2.45, 2.75) is 12.5 Å². The maximum absolute atomic E-state index is 12.9. The van der Waals surface area contributed by atoms with Crippen LogP contribution in [0.25, 0.3) is 11.8 Å². The number of carbonyl (C=O) groups is 4. The summed E-state index contributed by atoms with van der Waals surface area (Å²) in [4.78, 5) is 50.2. The van der Waals surface area contributed by atoms with Gasteiger partial charge in [0.25, 0.3) is 0 Å². The standard InChI is InChI=1S/C23H22ClN7O5/c1-30(2)21(33)12-18(22(34)26-17-7-3-14(4-8-17)23(35)36)27-20(32)10-5-15-11-16(24)6-9-19(15)31-13-25-28-29-31/h3-11,13,18H,12H2,1-2H3,(H,26,34)(H,27,32)(H,35,36). The van der Waals surface area contributed by atoms with E-state index < -0.39 is 23.8 Å². The molecule has 3 aromatic rings. The first kappa shape index (κ1) is 26.0. The number of carboxylic acid groups (broad SMARTS) is 1. The van der Waals surface area contributed by atoms with Crippen LogP contribution in [0.1, 0.15) is 22.3 Å². The molecule has 0 bridgehead atoms. The fourth-order valence-electron chi connectivity index (χ4n) is 3.02. The van der Waals surface area contributed by atoms with Crippen LogP contribution in [0.3, 0.4) is 0 Å². The summed E-state index contributed by atoms with van der Waals surface area (Å²) in [6.45, 7) is 0. The zero-order chi connectivity index (χ0) is 26.2. The Balaban J connectivity index is 1.76. The molecule has 186 valence electrons. The van der Waals surface area contributed by atoms with Crippen LogP contribution in [0.5, 0.6) is 0 Å². The van der Waals surface area contributed by atoms with Gasteiger partial charge in [-0.1, -0.05) is 11.6 Å². The van der Waals surface area contributed by atoms with Gasteiger partial charge in [-0.15, -0.1) is 5.10 Å². The molecule has 1 unspecified atom stereocenters. The molecule has 3 N–H and O–H groups in total. The molecule has 1 atom stereocenters. The highest BCUT2D eigenvalue weighted by atomic mass is 35.5. The zero-order valence-corrected chi connectivity index (χ0v) is 20.0. The van der Waals surface area contributed by atoms with Gasteiger partial charge in [0.1, 0.15) is 12.4 Å². The largest absolute Gasteiger partial charge is 0.478 e. The maximum atomic E-state index is 12.9. The van der Waals surface area contributed by atoms with E-state index in [4.69, 9.17) is 16.7 Å². The van der Waals surface area contributed by atoms with Gasteiger partial charge in [0.15, 0.2) is 0 Å². The first-order chi connectivity index (χ1) is 17.1. The molecule has 0 aliphatic heterocycles. The number of hydrogen-bond donors (Lipinski definition) is 3. The van der Waals surface area contributed by atoms with Crippen LogP contribution in [0, 0.1) is 0 Å². The monoisotopic (exact) mass is 511 g/mol. The van der Waals surface area contributed by atoms with E-state index in [2.05, 4.69) is 26.2 Å². The molecule has 2 aromatic carbocycles. The second-order valence-electron chi connectivity index (χ2n) is 7.72. The van der Waals surface area contributed by atoms with Crippen LogP contribution in [0.15, 0.2) is 54.9 Å². The molecule has 0 aliphatic carbocycles. The van der Waals surface area contributed by atoms with Crippen molar-refractivity contribution >= 4 is 47.1 Å². The van der Waals surface area contributed by atoms with Gasteiger partial charge in [-0.05, 0) is 59.0 Å². The number of carbonyl (C=O) groups excluding carboxylic acids is 3. The molecular formula is C23H22ClN7O5. The summed E-state index contributed by atoms with van der Waals surface area (Å²) in [5.41, 5.74) is 1.46. The van der Waals surface area contributed by atoms with Gasteiger partial charge in [0, 0.05) is 36.4 Å². The minimum atomic E-state index is -1.20. The lowest BCUT2D eigenvalue weighted by molar-refractivity contribution is -0.132. The molecule has 0 aliphatic rings. The van der Waals surface area contributed by atoms with Gasteiger partial charge in [-0.2, -0.15) is 4.68 Å². The molecule has 0 fully saturated rings. The zero-order valence-electron chi connectivity index (χ0n) is 19.3. The highest BCUT2D eigenvalue weighted by Gasteiger charge is 2.24. The molecule has 12 nitrogen and oxygen atoms in total. The van der Waals surface area contributed by atoms with Crippen LogP contribution in [0.2, 0.25) is 5.02 Å². The molecule has 3 rings (SSSR count). The number of hydrogen-bond acceptors (Lipinski definition) is 7. The molecule has 0 spiro atoms. The van der Waals surface area contributed by atoms with Gasteiger partial charge in [-0.25, -0.2) is 4.79 Å². The first-order valence-electron chi connectivity index (χ1n) is 10.5. The minimum Gasteiger partial charge on any atom is -0.478 e. The number of aromatic nitrogens is 4. The van der Waals surface area contributed by atoms with E-state index in [1.54, 1.807) is 18.2 Å². The molecule has 36 heavy (non-hydrogen) atoms. The summed E-state index contributed by atoms with van der Waals surface area (Å²) in [6, 6.07) is 9.21. The van der Waals surface area contributed by atoms with Crippen molar-refractivity contribution in [3.05, 3.63) is 71.0 Å². The number of anilines is 1. The van der Waals surface area contributed by atoms with E-state index in [9.17, 15) is 19.2 Å². The molecule has 0 radical (unpaired) electrons. The highest BCUT2D eigenvalue weighted by Crippen LogP contribution is 2.20. The van der Waals surface area contributed by atoms with Gasteiger partial charge >= 0.3 is 5.97 Å². The third-order valence-electron chi connectivity index (χ3n) is 4.91. The summed E-state index contributed by atoms with van der Waals surface area (Å²) in [6.07, 6.45) is 3.77. The van der Waals surface area contributed by atoms with Crippen LogP contribution in [-0.4, -0.2) is 74.0 Å². The second-order valence-corrected chi connectivity index (χ2v) is 8.15. The van der Waals surface area contributed by atoms with E-state index in [1.807, 2.05) is 0 Å². The number of benzene rings is 2. The van der Waals surface area contributed by atoms with Crippen LogP contribution < -0.4 is 10.6 Å². The summed E-state index contributed by atoms with van der Waals surface area (Å²) >= 11 is 6.09. The fraction of sp³-hybridized carbons (Fsp3) is 0.174. The summed E-state index contributed by atoms with van der Waals surface area (Å²) in [5.74, 6) is -2.77. The first-order valence-corrected chi connectivity index (χ1v) is 10.9. The van der Waals surface area contributed by atoms with E-state index >= 15 is 0 Å². The quantitative estimate of drug-likeness (QED) is 0.365. The molecular weight excluding hydrogens is 490 g/mol. The third kappa shape index (κ3) is 6.96. The van der Waals surface area contributed by atoms with Gasteiger partial charge in [0.05, 0.1) is 17.7 Å². The van der Waals surface area contributed by atoms with Crippen molar-refractivity contribution in [2.24, 2.45) is 0 Å². The number of halogens is 1. The van der Waals surface area contributed by atoms with E-state index in [0.717, 1.165) is 0 Å². The Kier molecular flexibility index (Phi) is 8.47. The Labute approximate surface area is 210 Å². The lowest BCUT2D eigenvalue weighted by atomic mass is 10.1. The van der Waals surface area contributed by atoms with Crippen molar-refractivity contribution in [3.8, 4) is 5.69 Å². The Morgan fingerprint density at radius 3 is 2.47 bits per heavy atom. The van der Waals surface area contributed by atoms with Crippen molar-refractivity contribution in [1.82, 2.24) is 30.4 Å². The average molecular weight is 512 g/mol. The average Bonchev–Trinajstić information content (AvgIpc) is 3.37. The van der Waals surface area contributed by atoms with Crippen LogP contribution >= 0.6 is 11.6 Å². The number of nitrogens with one attached hydrogen (secondary N) is 2. The lowest BCUT2D eigenvalue weighted by Gasteiger charge is -2.19. The van der Waals surface area contributed by atoms with Crippen LogP contribution in [-0.2, 0) is 14.4 Å². The van der Waals surface area contributed by atoms with E-state index in [-0.39, 0.29) is 17.9 Å². The minimum absolute atomic E-state index is 0.0489. The summed E-state index contributed by atoms with van der Waals surface area (Å²) < 4.78 is 1.40. The van der Waals surface area contributed by atoms with E-state index in [1.165, 1.54) is 66.4 Å². The normalized spacial score (nSPS) is 11.6. The van der Waals surface area contributed by atoms with Gasteiger partial charge in [-0.3, -0.25) is 14.4 Å². The van der Waals surface area contributed by atoms with Gasteiger partial charge < -0.3 is 20.6 Å². The molecule has 1 heterocycles. The number of amides is 3. The molecule has 0 saturated carbocycles. The molecule has 1 aromatic heterocycles. The van der Waals surface area contributed by atoms with Crippen molar-refractivity contribution < 1.29 is 24.3 Å². The Bertz CT molecular complexity index is 1290. The van der Waals surface area contributed by atoms with Crippen molar-refractivity contribution in [2.75, 3.05) is 19.4 Å². The number of rotatable bonds is 9. The topological polar surface area (TPSA) is 159 Å². The second kappa shape index (κ2) is 11.7. The Hall–Kier alpha value is -4.58. The van der Waals surface area contributed by atoms with Crippen molar-refractivity contribution in [3.63, 3.8) is 0 Å². The number of aromatic carboxylic acids is 1. The molecule has 13 heteroatoms. The summed E-state index contributed by atoms with van der Waals surface area (Å²) in [7, 11) is 3.06. The number of nitrogens with zero attached hydrogens (tertiary/aromatic N) is 5. The summed E-state index contributed by atoms with van der Waals surface area (Å²) in [5, 5.41) is 25.6. The predicted molar refractivity (Wildman–Crippen MR) is 130 cm³/mol. The van der Waals surface area contributed by atoms with Crippen LogP contribution in [0.4, 0.5) is 5.69 Å². The predicted octanol–water partition coefficient (Wildman–Crippen LogP) is 1.63. The smallest absolute Gasteiger partial charge is 0.335 e. The van der Waals surface area contributed by atoms with E-state index in [0.29, 0.717) is 22.0 Å². The Morgan fingerprint density at radius 2 is 1.86 bits per heavy atom. The van der Waals surface area contributed by atoms with Crippen molar-refractivity contribution in [1.29, 1.82) is 0 Å². The lowest BCUT2D eigenvalue weighted by Crippen LogP contribution is -2.46. The van der Waals surface area contributed by atoms with Gasteiger partial charge in [0.2, 0.25) is 17.7 Å². The third-order valence-corrected chi connectivity index (χ3v) is 5.14. The maximum Gasteiger partial charge on any atom is 0.335 e. The number of tetrazole rings is 1. The highest BCUT2D eigenvalue weighted by molar-refractivity contribution is 6.30. The fourth-order valence-corrected chi connectivity index (χ4v) is 3.20. The molecule has 0 saturated heterocycles. The SMILES string of the molecule is CN(C)C(=O)CC(NC(=O)C=Cc1cc(Cl)ccc1-n1cnnn1)C(=O)Nc1ccc(C(=O)O)cc1. The Morgan fingerprint density at radius 1 is 1.14 bits per heavy atom. The number of carboxylic acids is 1.